The molecule has 0 spiro atoms. The van der Waals surface area contributed by atoms with Crippen LogP contribution in [0.2, 0.25) is 5.02 Å². The molecule has 1 aromatic heterocycles. The highest BCUT2D eigenvalue weighted by molar-refractivity contribution is 6.31. The molecule has 1 heterocycles. The number of halogens is 1. The maximum Gasteiger partial charge on any atom is 0.328 e. The molecule has 1 unspecified atom stereocenters. The first kappa shape index (κ1) is 11.2. The molecule has 1 atom stereocenters. The van der Waals surface area contributed by atoms with Crippen LogP contribution in [0.4, 0.5) is 0 Å². The van der Waals surface area contributed by atoms with Gasteiger partial charge >= 0.3 is 5.69 Å². The number of hydrogen-bond acceptors (Lipinski definition) is 2. The van der Waals surface area contributed by atoms with Gasteiger partial charge in [0.05, 0.1) is 11.0 Å². The van der Waals surface area contributed by atoms with Gasteiger partial charge in [-0.25, -0.2) is 4.79 Å². The van der Waals surface area contributed by atoms with Crippen LogP contribution in [-0.2, 0) is 13.6 Å². The Balaban J connectivity index is 2.75. The summed E-state index contributed by atoms with van der Waals surface area (Å²) in [5.74, 6) is 0. The van der Waals surface area contributed by atoms with Crippen molar-refractivity contribution >= 4 is 22.6 Å². The van der Waals surface area contributed by atoms with E-state index in [0.29, 0.717) is 11.6 Å². The van der Waals surface area contributed by atoms with Crippen LogP contribution >= 0.6 is 11.6 Å². The van der Waals surface area contributed by atoms with E-state index in [1.165, 1.54) is 0 Å². The standard InChI is InChI=1S/C11H14ClN3O/c1-7(13)6-15-10-5-8(12)3-4-9(10)14(2)11(15)16/h3-5,7H,6,13H2,1-2H3. The van der Waals surface area contributed by atoms with Gasteiger partial charge in [-0.3, -0.25) is 9.13 Å². The van der Waals surface area contributed by atoms with E-state index >= 15 is 0 Å². The number of imidazole rings is 1. The smallest absolute Gasteiger partial charge is 0.326 e. The molecular formula is C11H14ClN3O. The van der Waals surface area contributed by atoms with Crippen molar-refractivity contribution in [3.63, 3.8) is 0 Å². The van der Waals surface area contributed by atoms with E-state index in [9.17, 15) is 4.79 Å². The normalized spacial score (nSPS) is 13.2. The first-order chi connectivity index (χ1) is 7.50. The lowest BCUT2D eigenvalue weighted by Gasteiger charge is -2.06. The summed E-state index contributed by atoms with van der Waals surface area (Å²) in [6.45, 7) is 2.37. The summed E-state index contributed by atoms with van der Waals surface area (Å²) < 4.78 is 3.26. The quantitative estimate of drug-likeness (QED) is 0.860. The minimum atomic E-state index is -0.0673. The lowest BCUT2D eigenvalue weighted by Crippen LogP contribution is -2.30. The second-order valence-corrected chi connectivity index (χ2v) is 4.50. The van der Waals surface area contributed by atoms with Gasteiger partial charge in [-0.1, -0.05) is 11.6 Å². The molecule has 2 N–H and O–H groups in total. The van der Waals surface area contributed by atoms with Crippen LogP contribution in [0, 0.1) is 0 Å². The number of fused-ring (bicyclic) bond motifs is 1. The lowest BCUT2D eigenvalue weighted by atomic mass is 10.3. The molecular weight excluding hydrogens is 226 g/mol. The van der Waals surface area contributed by atoms with Gasteiger partial charge in [-0.2, -0.15) is 0 Å². The van der Waals surface area contributed by atoms with Gasteiger partial charge in [0.25, 0.3) is 0 Å². The lowest BCUT2D eigenvalue weighted by molar-refractivity contribution is 0.577. The Morgan fingerprint density at radius 1 is 1.44 bits per heavy atom. The molecule has 86 valence electrons. The molecule has 0 radical (unpaired) electrons. The van der Waals surface area contributed by atoms with Crippen molar-refractivity contribution in [3.05, 3.63) is 33.7 Å². The number of nitrogens with zero attached hydrogens (tertiary/aromatic N) is 2. The zero-order chi connectivity index (χ0) is 11.9. The number of aromatic nitrogens is 2. The molecule has 0 fully saturated rings. The summed E-state index contributed by atoms with van der Waals surface area (Å²) in [4.78, 5) is 12.0. The Morgan fingerprint density at radius 3 is 2.75 bits per heavy atom. The Labute approximate surface area is 98.2 Å². The molecule has 0 aliphatic rings. The van der Waals surface area contributed by atoms with E-state index < -0.39 is 0 Å². The van der Waals surface area contributed by atoms with Crippen LogP contribution in [0.25, 0.3) is 11.0 Å². The van der Waals surface area contributed by atoms with Crippen molar-refractivity contribution < 1.29 is 0 Å². The second-order valence-electron chi connectivity index (χ2n) is 4.06. The maximum absolute atomic E-state index is 12.0. The monoisotopic (exact) mass is 239 g/mol. The van der Waals surface area contributed by atoms with Crippen LogP contribution in [0.3, 0.4) is 0 Å². The Kier molecular flexibility index (Phi) is 2.78. The second kappa shape index (κ2) is 3.96. The van der Waals surface area contributed by atoms with Crippen molar-refractivity contribution in [2.45, 2.75) is 19.5 Å². The molecule has 2 aromatic rings. The predicted molar refractivity (Wildman–Crippen MR) is 65.8 cm³/mol. The fraction of sp³-hybridized carbons (Fsp3) is 0.364. The van der Waals surface area contributed by atoms with Crippen molar-refractivity contribution in [1.29, 1.82) is 0 Å². The molecule has 16 heavy (non-hydrogen) atoms. The molecule has 1 aromatic carbocycles. The van der Waals surface area contributed by atoms with Crippen molar-refractivity contribution in [3.8, 4) is 0 Å². The highest BCUT2D eigenvalue weighted by Crippen LogP contribution is 2.18. The van der Waals surface area contributed by atoms with Crippen LogP contribution in [0.5, 0.6) is 0 Å². The zero-order valence-electron chi connectivity index (χ0n) is 9.27. The zero-order valence-corrected chi connectivity index (χ0v) is 10.0. The summed E-state index contributed by atoms with van der Waals surface area (Å²) in [7, 11) is 1.75. The van der Waals surface area contributed by atoms with Gasteiger partial charge in [-0.05, 0) is 25.1 Å². The Morgan fingerprint density at radius 2 is 2.12 bits per heavy atom. The minimum absolute atomic E-state index is 0.0606. The number of aryl methyl sites for hydroxylation is 1. The summed E-state index contributed by atoms with van der Waals surface area (Å²) in [5.41, 5.74) is 7.37. The largest absolute Gasteiger partial charge is 0.328 e. The SMILES string of the molecule is CC(N)Cn1c(=O)n(C)c2ccc(Cl)cc21. The van der Waals surface area contributed by atoms with E-state index in [0.717, 1.165) is 11.0 Å². The van der Waals surface area contributed by atoms with Gasteiger partial charge in [0.2, 0.25) is 0 Å². The van der Waals surface area contributed by atoms with E-state index in [-0.39, 0.29) is 11.7 Å². The molecule has 0 aliphatic carbocycles. The Bertz CT molecular complexity index is 583. The number of rotatable bonds is 2. The highest BCUT2D eigenvalue weighted by Gasteiger charge is 2.11. The van der Waals surface area contributed by atoms with Crippen LogP contribution < -0.4 is 11.4 Å². The molecule has 0 bridgehead atoms. The van der Waals surface area contributed by atoms with E-state index in [1.807, 2.05) is 13.0 Å². The molecule has 0 amide bonds. The average Bonchev–Trinajstić information content (AvgIpc) is 2.43. The van der Waals surface area contributed by atoms with Gasteiger partial charge in [0.1, 0.15) is 0 Å². The first-order valence-electron chi connectivity index (χ1n) is 5.11. The van der Waals surface area contributed by atoms with Gasteiger partial charge in [0.15, 0.2) is 0 Å². The van der Waals surface area contributed by atoms with Crippen molar-refractivity contribution in [1.82, 2.24) is 9.13 Å². The fourth-order valence-electron chi connectivity index (χ4n) is 1.85. The number of nitrogens with two attached hydrogens (primary N) is 1. The molecule has 0 aliphatic heterocycles. The number of hydrogen-bond donors (Lipinski definition) is 1. The summed E-state index contributed by atoms with van der Waals surface area (Å²) in [6.07, 6.45) is 0. The minimum Gasteiger partial charge on any atom is -0.326 e. The van der Waals surface area contributed by atoms with Gasteiger partial charge < -0.3 is 5.73 Å². The predicted octanol–water partition coefficient (Wildman–Crippen LogP) is 1.34. The summed E-state index contributed by atoms with van der Waals surface area (Å²) >= 11 is 5.93. The van der Waals surface area contributed by atoms with Gasteiger partial charge in [0, 0.05) is 24.7 Å². The third-order valence-electron chi connectivity index (χ3n) is 2.58. The molecule has 4 nitrogen and oxygen atoms in total. The third kappa shape index (κ3) is 1.74. The first-order valence-corrected chi connectivity index (χ1v) is 5.49. The molecule has 0 saturated heterocycles. The van der Waals surface area contributed by atoms with Crippen LogP contribution in [-0.4, -0.2) is 15.2 Å². The maximum atomic E-state index is 12.0. The summed E-state index contributed by atoms with van der Waals surface area (Å²) in [5, 5.41) is 0.622. The van der Waals surface area contributed by atoms with Gasteiger partial charge in [-0.15, -0.1) is 0 Å². The third-order valence-corrected chi connectivity index (χ3v) is 2.81. The average molecular weight is 240 g/mol. The van der Waals surface area contributed by atoms with Crippen LogP contribution in [0.15, 0.2) is 23.0 Å². The van der Waals surface area contributed by atoms with E-state index in [4.69, 9.17) is 17.3 Å². The topological polar surface area (TPSA) is 52.9 Å². The van der Waals surface area contributed by atoms with E-state index in [2.05, 4.69) is 0 Å². The number of benzene rings is 1. The van der Waals surface area contributed by atoms with Crippen LogP contribution in [0.1, 0.15) is 6.92 Å². The molecule has 5 heteroatoms. The molecule has 2 rings (SSSR count). The van der Waals surface area contributed by atoms with E-state index in [1.54, 1.807) is 28.3 Å². The summed E-state index contributed by atoms with van der Waals surface area (Å²) in [6, 6.07) is 5.35. The fourth-order valence-corrected chi connectivity index (χ4v) is 2.01. The van der Waals surface area contributed by atoms with Crippen molar-refractivity contribution in [2.75, 3.05) is 0 Å². The van der Waals surface area contributed by atoms with Crippen molar-refractivity contribution in [2.24, 2.45) is 12.8 Å². The Hall–Kier alpha value is -1.26. The molecule has 0 saturated carbocycles. The highest BCUT2D eigenvalue weighted by atomic mass is 35.5.